The van der Waals surface area contributed by atoms with Gasteiger partial charge in [-0.25, -0.2) is 0 Å². The number of likely N-dealkylation sites (tertiary alicyclic amines) is 1. The molecule has 2 rings (SSSR count). The second-order valence-corrected chi connectivity index (χ2v) is 5.90. The molecular weight excluding hydrogens is 226 g/mol. The van der Waals surface area contributed by atoms with Crippen LogP contribution in [0, 0.1) is 0 Å². The van der Waals surface area contributed by atoms with Crippen LogP contribution in [0.15, 0.2) is 0 Å². The van der Waals surface area contributed by atoms with Gasteiger partial charge in [-0.3, -0.25) is 9.80 Å². The zero-order valence-corrected chi connectivity index (χ0v) is 12.0. The van der Waals surface area contributed by atoms with E-state index in [1.165, 1.54) is 38.9 Å². The average Bonchev–Trinajstić information content (AvgIpc) is 2.40. The predicted octanol–water partition coefficient (Wildman–Crippen LogP) is 0.469. The lowest BCUT2D eigenvalue weighted by Gasteiger charge is -2.45. The van der Waals surface area contributed by atoms with Crippen LogP contribution in [0.2, 0.25) is 0 Å². The van der Waals surface area contributed by atoms with E-state index in [-0.39, 0.29) is 0 Å². The molecule has 1 N–H and O–H groups in total. The second kappa shape index (κ2) is 6.85. The summed E-state index contributed by atoms with van der Waals surface area (Å²) < 4.78 is 0. The molecule has 0 aromatic rings. The van der Waals surface area contributed by atoms with Crippen molar-refractivity contribution in [3.63, 3.8) is 0 Å². The van der Waals surface area contributed by atoms with Gasteiger partial charge in [0.05, 0.1) is 6.61 Å². The van der Waals surface area contributed by atoms with Crippen LogP contribution >= 0.6 is 0 Å². The summed E-state index contributed by atoms with van der Waals surface area (Å²) in [6, 6.07) is 1.11. The fourth-order valence-corrected chi connectivity index (χ4v) is 3.36. The van der Waals surface area contributed by atoms with Crippen molar-refractivity contribution in [3.8, 4) is 0 Å². The van der Waals surface area contributed by atoms with Gasteiger partial charge in [-0.15, -0.1) is 0 Å². The standard InChI is InChI=1S/C14H29N3O/c1-3-6-16-9-10-17(11-14(16)12-18)13-4-7-15(2)8-5-13/h13-14,18H,3-12H2,1-2H3. The molecule has 106 valence electrons. The van der Waals surface area contributed by atoms with Gasteiger partial charge in [0.25, 0.3) is 0 Å². The van der Waals surface area contributed by atoms with Crippen molar-refractivity contribution in [1.29, 1.82) is 0 Å². The highest BCUT2D eigenvalue weighted by atomic mass is 16.3. The number of hydrogen-bond donors (Lipinski definition) is 1. The van der Waals surface area contributed by atoms with Gasteiger partial charge in [0.15, 0.2) is 0 Å². The Morgan fingerprint density at radius 2 is 1.83 bits per heavy atom. The van der Waals surface area contributed by atoms with Gasteiger partial charge in [-0.1, -0.05) is 6.92 Å². The van der Waals surface area contributed by atoms with E-state index in [4.69, 9.17) is 0 Å². The third kappa shape index (κ3) is 3.44. The maximum Gasteiger partial charge on any atom is 0.0599 e. The van der Waals surface area contributed by atoms with Crippen LogP contribution in [0.3, 0.4) is 0 Å². The Balaban J connectivity index is 1.85. The van der Waals surface area contributed by atoms with Crippen molar-refractivity contribution in [3.05, 3.63) is 0 Å². The Morgan fingerprint density at radius 1 is 1.11 bits per heavy atom. The number of piperidine rings is 1. The van der Waals surface area contributed by atoms with E-state index in [0.29, 0.717) is 12.6 Å². The van der Waals surface area contributed by atoms with Crippen molar-refractivity contribution in [2.45, 2.75) is 38.3 Å². The van der Waals surface area contributed by atoms with Gasteiger partial charge < -0.3 is 10.0 Å². The quantitative estimate of drug-likeness (QED) is 0.791. The maximum atomic E-state index is 9.57. The Labute approximate surface area is 112 Å². The molecule has 4 heteroatoms. The average molecular weight is 255 g/mol. The molecule has 1 atom stereocenters. The Hall–Kier alpha value is -0.160. The smallest absolute Gasteiger partial charge is 0.0599 e. The van der Waals surface area contributed by atoms with Crippen molar-refractivity contribution in [2.75, 3.05) is 52.9 Å². The van der Waals surface area contributed by atoms with E-state index < -0.39 is 0 Å². The molecule has 0 aromatic carbocycles. The SMILES string of the molecule is CCCN1CCN(C2CCN(C)CC2)CC1CO. The lowest BCUT2D eigenvalue weighted by atomic mass is 10.0. The van der Waals surface area contributed by atoms with Gasteiger partial charge >= 0.3 is 0 Å². The van der Waals surface area contributed by atoms with E-state index in [1.807, 2.05) is 0 Å². The number of aliphatic hydroxyl groups is 1. The fourth-order valence-electron chi connectivity index (χ4n) is 3.36. The van der Waals surface area contributed by atoms with E-state index in [0.717, 1.165) is 25.7 Å². The van der Waals surface area contributed by atoms with Gasteiger partial charge in [-0.05, 0) is 45.9 Å². The third-order valence-corrected chi connectivity index (χ3v) is 4.56. The largest absolute Gasteiger partial charge is 0.395 e. The molecule has 2 aliphatic rings. The number of hydrogen-bond acceptors (Lipinski definition) is 4. The summed E-state index contributed by atoms with van der Waals surface area (Å²) in [6.07, 6.45) is 3.77. The Kier molecular flexibility index (Phi) is 5.42. The molecule has 1 unspecified atom stereocenters. The first-order valence-corrected chi connectivity index (χ1v) is 7.52. The summed E-state index contributed by atoms with van der Waals surface area (Å²) in [5, 5.41) is 9.57. The van der Waals surface area contributed by atoms with Crippen LogP contribution in [-0.4, -0.2) is 84.8 Å². The van der Waals surface area contributed by atoms with Crippen LogP contribution in [-0.2, 0) is 0 Å². The molecule has 0 aliphatic carbocycles. The van der Waals surface area contributed by atoms with Crippen LogP contribution in [0.4, 0.5) is 0 Å². The van der Waals surface area contributed by atoms with Gasteiger partial charge in [0.2, 0.25) is 0 Å². The predicted molar refractivity (Wildman–Crippen MR) is 74.8 cm³/mol. The molecule has 0 amide bonds. The van der Waals surface area contributed by atoms with Crippen LogP contribution < -0.4 is 0 Å². The van der Waals surface area contributed by atoms with E-state index in [1.54, 1.807) is 0 Å². The summed E-state index contributed by atoms with van der Waals surface area (Å²) >= 11 is 0. The normalized spacial score (nSPS) is 29.8. The number of aliphatic hydroxyl groups excluding tert-OH is 1. The molecule has 4 nitrogen and oxygen atoms in total. The molecule has 2 saturated heterocycles. The first kappa shape index (κ1) is 14.3. The highest BCUT2D eigenvalue weighted by Crippen LogP contribution is 2.19. The van der Waals surface area contributed by atoms with Crippen molar-refractivity contribution in [2.24, 2.45) is 0 Å². The minimum atomic E-state index is 0.309. The molecule has 0 spiro atoms. The summed E-state index contributed by atoms with van der Waals surface area (Å²) in [4.78, 5) is 7.51. The zero-order chi connectivity index (χ0) is 13.0. The maximum absolute atomic E-state index is 9.57. The highest BCUT2D eigenvalue weighted by Gasteiger charge is 2.31. The molecule has 0 radical (unpaired) electrons. The van der Waals surface area contributed by atoms with E-state index in [2.05, 4.69) is 28.7 Å². The molecular formula is C14H29N3O. The second-order valence-electron chi connectivity index (χ2n) is 5.90. The van der Waals surface area contributed by atoms with Gasteiger partial charge in [0.1, 0.15) is 0 Å². The summed E-state index contributed by atoms with van der Waals surface area (Å²) in [5.41, 5.74) is 0. The summed E-state index contributed by atoms with van der Waals surface area (Å²) in [7, 11) is 2.21. The highest BCUT2D eigenvalue weighted by molar-refractivity contribution is 4.87. The summed E-state index contributed by atoms with van der Waals surface area (Å²) in [5.74, 6) is 0. The van der Waals surface area contributed by atoms with E-state index in [9.17, 15) is 5.11 Å². The monoisotopic (exact) mass is 255 g/mol. The van der Waals surface area contributed by atoms with Crippen LogP contribution in [0.5, 0.6) is 0 Å². The molecule has 2 fully saturated rings. The Bertz CT molecular complexity index is 241. The molecule has 2 aliphatic heterocycles. The third-order valence-electron chi connectivity index (χ3n) is 4.56. The van der Waals surface area contributed by atoms with Gasteiger partial charge in [0, 0.05) is 31.7 Å². The first-order chi connectivity index (χ1) is 8.74. The Morgan fingerprint density at radius 3 is 2.44 bits per heavy atom. The van der Waals surface area contributed by atoms with Crippen molar-refractivity contribution >= 4 is 0 Å². The minimum absolute atomic E-state index is 0.309. The lowest BCUT2D eigenvalue weighted by Crippen LogP contribution is -2.58. The summed E-state index contributed by atoms with van der Waals surface area (Å²) in [6.45, 7) is 9.49. The number of piperazine rings is 1. The molecule has 0 aromatic heterocycles. The van der Waals surface area contributed by atoms with Crippen molar-refractivity contribution in [1.82, 2.24) is 14.7 Å². The van der Waals surface area contributed by atoms with Crippen molar-refractivity contribution < 1.29 is 5.11 Å². The van der Waals surface area contributed by atoms with Crippen LogP contribution in [0.1, 0.15) is 26.2 Å². The van der Waals surface area contributed by atoms with Crippen LogP contribution in [0.25, 0.3) is 0 Å². The lowest BCUT2D eigenvalue weighted by molar-refractivity contribution is 0.00701. The molecule has 2 heterocycles. The molecule has 0 saturated carbocycles. The minimum Gasteiger partial charge on any atom is -0.395 e. The zero-order valence-electron chi connectivity index (χ0n) is 12.0. The topological polar surface area (TPSA) is 30.0 Å². The fraction of sp³-hybridized carbons (Fsp3) is 1.00. The first-order valence-electron chi connectivity index (χ1n) is 7.52. The number of rotatable bonds is 4. The number of nitrogens with zero attached hydrogens (tertiary/aromatic N) is 3. The van der Waals surface area contributed by atoms with Gasteiger partial charge in [-0.2, -0.15) is 0 Å². The molecule has 0 bridgehead atoms. The molecule has 18 heavy (non-hydrogen) atoms. The van der Waals surface area contributed by atoms with E-state index >= 15 is 0 Å².